The van der Waals surface area contributed by atoms with Gasteiger partial charge >= 0.3 is 0 Å². The number of nitrogens with zero attached hydrogens (tertiary/aromatic N) is 2. The molecule has 0 bridgehead atoms. The first-order valence-electron chi connectivity index (χ1n) is 7.33. The molecule has 19 heavy (non-hydrogen) atoms. The van der Waals surface area contributed by atoms with Crippen LogP contribution in [0.3, 0.4) is 0 Å². The second-order valence-electron chi connectivity index (χ2n) is 6.30. The van der Waals surface area contributed by atoms with Crippen molar-refractivity contribution in [1.29, 1.82) is 0 Å². The summed E-state index contributed by atoms with van der Waals surface area (Å²) < 4.78 is 4.99. The molecule has 0 radical (unpaired) electrons. The monoisotopic (exact) mass is 300 g/mol. The van der Waals surface area contributed by atoms with Crippen molar-refractivity contribution in [3.05, 3.63) is 11.7 Å². The van der Waals surface area contributed by atoms with E-state index in [0.29, 0.717) is 17.8 Å². The molecule has 1 aromatic rings. The predicted molar refractivity (Wildman–Crippen MR) is 73.3 cm³/mol. The molecule has 3 aliphatic carbocycles. The summed E-state index contributed by atoms with van der Waals surface area (Å²) in [4.78, 5) is 4.51. The van der Waals surface area contributed by atoms with Gasteiger partial charge in [0.15, 0.2) is 5.82 Å². The Bertz CT molecular complexity index is 479. The molecule has 0 amide bonds. The minimum atomic E-state index is -0.424. The van der Waals surface area contributed by atoms with Crippen LogP contribution in [0.1, 0.15) is 50.2 Å². The van der Waals surface area contributed by atoms with Crippen molar-refractivity contribution in [3.8, 4) is 0 Å². The van der Waals surface area contributed by atoms with Crippen molar-refractivity contribution in [2.24, 2.45) is 23.7 Å². The van der Waals surface area contributed by atoms with Crippen LogP contribution in [-0.2, 0) is 6.42 Å². The molecule has 104 valence electrons. The molecule has 5 heteroatoms. The predicted octanol–water partition coefficient (Wildman–Crippen LogP) is 3.96. The largest absolute Gasteiger partial charge is 0.339 e. The van der Waals surface area contributed by atoms with Crippen molar-refractivity contribution >= 4 is 23.2 Å². The Morgan fingerprint density at radius 3 is 2.32 bits per heavy atom. The van der Waals surface area contributed by atoms with Crippen LogP contribution in [0.5, 0.6) is 0 Å². The lowest BCUT2D eigenvalue weighted by atomic mass is 10.0. The van der Waals surface area contributed by atoms with E-state index >= 15 is 0 Å². The van der Waals surface area contributed by atoms with Gasteiger partial charge < -0.3 is 4.52 Å². The first kappa shape index (κ1) is 12.5. The average molecular weight is 301 g/mol. The lowest BCUT2D eigenvalue weighted by Crippen LogP contribution is -1.93. The van der Waals surface area contributed by atoms with Gasteiger partial charge in [0.05, 0.1) is 0 Å². The standard InChI is InChI=1S/C14H18Cl2N2O/c1-2-11-17-13(19-18-11)12-7-3-5-9-10(14(9,15)16)6-4-8(7)12/h7-10,12H,2-6H2,1H3/t7-,8-,9+,10+/m0/s1. The summed E-state index contributed by atoms with van der Waals surface area (Å²) in [6, 6.07) is 0. The number of rotatable bonds is 2. The van der Waals surface area contributed by atoms with Gasteiger partial charge in [-0.3, -0.25) is 0 Å². The van der Waals surface area contributed by atoms with Crippen LogP contribution < -0.4 is 0 Å². The highest BCUT2D eigenvalue weighted by Gasteiger charge is 2.65. The average Bonchev–Trinajstić information content (AvgIpc) is 3.04. The Morgan fingerprint density at radius 1 is 1.16 bits per heavy atom. The fraction of sp³-hybridized carbons (Fsp3) is 0.857. The Labute approximate surface area is 123 Å². The van der Waals surface area contributed by atoms with E-state index in [1.54, 1.807) is 0 Å². The van der Waals surface area contributed by atoms with E-state index in [9.17, 15) is 0 Å². The number of fused-ring (bicyclic) bond motifs is 2. The van der Waals surface area contributed by atoms with Crippen molar-refractivity contribution in [2.75, 3.05) is 0 Å². The molecule has 1 aromatic heterocycles. The Kier molecular flexibility index (Phi) is 2.69. The summed E-state index contributed by atoms with van der Waals surface area (Å²) in [6.07, 6.45) is 5.58. The summed E-state index contributed by atoms with van der Waals surface area (Å²) in [5.74, 6) is 4.68. The SMILES string of the molecule is CCc1noc(C2[C@H]3CC[C@@H]4[C@@H](CC[C@H]23)C4(Cl)Cl)n1. The number of hydrogen-bond acceptors (Lipinski definition) is 3. The quantitative estimate of drug-likeness (QED) is 0.776. The summed E-state index contributed by atoms with van der Waals surface area (Å²) in [7, 11) is 0. The van der Waals surface area contributed by atoms with Crippen LogP contribution in [-0.4, -0.2) is 14.5 Å². The van der Waals surface area contributed by atoms with E-state index in [4.69, 9.17) is 27.7 Å². The van der Waals surface area contributed by atoms with Crippen molar-refractivity contribution < 1.29 is 4.52 Å². The molecular weight excluding hydrogens is 283 g/mol. The molecule has 0 spiro atoms. The van der Waals surface area contributed by atoms with E-state index in [-0.39, 0.29) is 0 Å². The lowest BCUT2D eigenvalue weighted by molar-refractivity contribution is 0.366. The maximum absolute atomic E-state index is 6.32. The van der Waals surface area contributed by atoms with Crippen LogP contribution in [0.25, 0.3) is 0 Å². The summed E-state index contributed by atoms with van der Waals surface area (Å²) in [5, 5.41) is 4.02. The van der Waals surface area contributed by atoms with Gasteiger partial charge in [0.25, 0.3) is 0 Å². The van der Waals surface area contributed by atoms with Crippen LogP contribution >= 0.6 is 23.2 Å². The summed E-state index contributed by atoms with van der Waals surface area (Å²) in [5.41, 5.74) is 0. The third-order valence-corrected chi connectivity index (χ3v) is 6.53. The summed E-state index contributed by atoms with van der Waals surface area (Å²) >= 11 is 12.6. The van der Waals surface area contributed by atoms with Gasteiger partial charge in [0.2, 0.25) is 5.89 Å². The second-order valence-corrected chi connectivity index (χ2v) is 7.74. The van der Waals surface area contributed by atoms with Gasteiger partial charge in [-0.1, -0.05) is 12.1 Å². The number of alkyl halides is 2. The van der Waals surface area contributed by atoms with Crippen molar-refractivity contribution in [2.45, 2.75) is 49.3 Å². The van der Waals surface area contributed by atoms with Crippen LogP contribution in [0.2, 0.25) is 0 Å². The molecule has 0 N–H and O–H groups in total. The fourth-order valence-electron chi connectivity index (χ4n) is 4.14. The first-order chi connectivity index (χ1) is 9.13. The van der Waals surface area contributed by atoms with E-state index in [2.05, 4.69) is 17.1 Å². The highest BCUT2D eigenvalue weighted by molar-refractivity contribution is 6.51. The molecule has 1 heterocycles. The maximum Gasteiger partial charge on any atom is 0.230 e. The van der Waals surface area contributed by atoms with E-state index in [0.717, 1.165) is 42.8 Å². The third kappa shape index (κ3) is 1.84. The first-order valence-corrected chi connectivity index (χ1v) is 8.08. The number of aryl methyl sites for hydroxylation is 1. The van der Waals surface area contributed by atoms with Crippen LogP contribution in [0, 0.1) is 23.7 Å². The number of hydrogen-bond donors (Lipinski definition) is 0. The zero-order valence-corrected chi connectivity index (χ0v) is 12.5. The van der Waals surface area contributed by atoms with Gasteiger partial charge in [-0.25, -0.2) is 0 Å². The minimum Gasteiger partial charge on any atom is -0.339 e. The highest BCUT2D eigenvalue weighted by Crippen LogP contribution is 2.69. The van der Waals surface area contributed by atoms with Gasteiger partial charge in [-0.05, 0) is 49.4 Å². The van der Waals surface area contributed by atoms with E-state index in [1.807, 2.05) is 0 Å². The molecule has 3 aliphatic rings. The summed E-state index contributed by atoms with van der Waals surface area (Å²) in [6.45, 7) is 2.05. The minimum absolute atomic E-state index is 0.424. The maximum atomic E-state index is 6.32. The molecular formula is C14H18Cl2N2O. The van der Waals surface area contributed by atoms with Gasteiger partial charge in [0.1, 0.15) is 4.33 Å². The zero-order chi connectivity index (χ0) is 13.2. The van der Waals surface area contributed by atoms with Gasteiger partial charge in [-0.15, -0.1) is 23.2 Å². The zero-order valence-electron chi connectivity index (χ0n) is 11.0. The molecule has 0 unspecified atom stereocenters. The molecule has 4 rings (SSSR count). The third-order valence-electron chi connectivity index (χ3n) is 5.40. The van der Waals surface area contributed by atoms with Crippen LogP contribution in [0.4, 0.5) is 0 Å². The lowest BCUT2D eigenvalue weighted by Gasteiger charge is -2.03. The van der Waals surface area contributed by atoms with E-state index in [1.165, 1.54) is 12.8 Å². The highest BCUT2D eigenvalue weighted by atomic mass is 35.5. The fourth-order valence-corrected chi connectivity index (χ4v) is 5.06. The molecule has 0 aromatic carbocycles. The molecule has 0 aliphatic heterocycles. The van der Waals surface area contributed by atoms with Gasteiger partial charge in [0, 0.05) is 12.3 Å². The Hall–Kier alpha value is -0.280. The normalized spacial score (nSPS) is 42.8. The molecule has 4 atom stereocenters. The molecule has 3 fully saturated rings. The number of halogens is 2. The van der Waals surface area contributed by atoms with Crippen molar-refractivity contribution in [3.63, 3.8) is 0 Å². The Balaban J connectivity index is 1.46. The smallest absolute Gasteiger partial charge is 0.230 e. The van der Waals surface area contributed by atoms with Crippen molar-refractivity contribution in [1.82, 2.24) is 10.1 Å². The molecule has 3 nitrogen and oxygen atoms in total. The Morgan fingerprint density at radius 2 is 1.79 bits per heavy atom. The van der Waals surface area contributed by atoms with Gasteiger partial charge in [-0.2, -0.15) is 4.98 Å². The topological polar surface area (TPSA) is 38.9 Å². The molecule has 3 saturated carbocycles. The number of aromatic nitrogens is 2. The van der Waals surface area contributed by atoms with E-state index < -0.39 is 4.33 Å². The second kappa shape index (κ2) is 4.11. The molecule has 0 saturated heterocycles. The van der Waals surface area contributed by atoms with Crippen LogP contribution in [0.15, 0.2) is 4.52 Å².